The van der Waals surface area contributed by atoms with E-state index in [2.05, 4.69) is 228 Å². The van der Waals surface area contributed by atoms with Crippen LogP contribution in [0.1, 0.15) is 0 Å². The van der Waals surface area contributed by atoms with Gasteiger partial charge in [-0.1, -0.05) is 146 Å². The summed E-state index contributed by atoms with van der Waals surface area (Å²) in [4.78, 5) is 2.52. The molecule has 4 aromatic heterocycles. The monoisotopic (exact) mass is 904 g/mol. The van der Waals surface area contributed by atoms with E-state index < -0.39 is 0 Å². The molecule has 0 aliphatic carbocycles. The third kappa shape index (κ3) is 5.48. The van der Waals surface area contributed by atoms with E-state index in [9.17, 15) is 0 Å². The van der Waals surface area contributed by atoms with Gasteiger partial charge in [0, 0.05) is 93.4 Å². The average molecular weight is 905 g/mol. The molecule has 2 nitrogen and oxygen atoms in total. The Morgan fingerprint density at radius 2 is 0.985 bits per heavy atom. The van der Waals surface area contributed by atoms with Crippen molar-refractivity contribution in [2.45, 2.75) is 0 Å². The Morgan fingerprint density at radius 1 is 0.313 bits per heavy atom. The first-order chi connectivity index (χ1) is 33.2. The molecule has 0 aliphatic rings. The smallest absolute Gasteiger partial charge is 0.0555 e. The van der Waals surface area contributed by atoms with Crippen LogP contribution in [0.4, 0.5) is 17.1 Å². The van der Waals surface area contributed by atoms with Gasteiger partial charge in [0.2, 0.25) is 0 Å². The molecule has 0 aliphatic heterocycles. The number of para-hydroxylation sites is 2. The summed E-state index contributed by atoms with van der Waals surface area (Å²) >= 11 is 5.72. The van der Waals surface area contributed by atoms with Crippen molar-refractivity contribution in [3.05, 3.63) is 218 Å². The number of aromatic nitrogens is 1. The molecule has 11 aromatic carbocycles. The van der Waals surface area contributed by atoms with Crippen LogP contribution in [0.5, 0.6) is 0 Å². The van der Waals surface area contributed by atoms with E-state index in [1.54, 1.807) is 0 Å². The predicted octanol–water partition coefficient (Wildman–Crippen LogP) is 19.3. The minimum absolute atomic E-state index is 1.14. The second-order valence-electron chi connectivity index (χ2n) is 17.6. The summed E-state index contributed by atoms with van der Waals surface area (Å²) in [6.45, 7) is 0. The molecule has 15 rings (SSSR count). The molecule has 312 valence electrons. The van der Waals surface area contributed by atoms with Crippen LogP contribution in [-0.2, 0) is 0 Å². The third-order valence-corrected chi connectivity index (χ3v) is 17.5. The molecule has 0 radical (unpaired) electrons. The summed E-state index contributed by atoms with van der Waals surface area (Å²) in [7, 11) is 0. The molecule has 0 unspecified atom stereocenters. The van der Waals surface area contributed by atoms with Crippen LogP contribution in [0, 0.1) is 0 Å². The minimum atomic E-state index is 1.14. The molecular weight excluding hydrogens is 869 g/mol. The van der Waals surface area contributed by atoms with Gasteiger partial charge in [0.25, 0.3) is 0 Å². The first-order valence-corrected chi connectivity index (χ1v) is 25.2. The average Bonchev–Trinajstić information content (AvgIpc) is 4.16. The summed E-state index contributed by atoms with van der Waals surface area (Å²) in [5.41, 5.74) is 9.58. The Morgan fingerprint density at radius 3 is 1.85 bits per heavy atom. The fourth-order valence-electron chi connectivity index (χ4n) is 11.0. The van der Waals surface area contributed by atoms with Crippen LogP contribution in [-0.4, -0.2) is 4.57 Å². The number of benzene rings is 11. The second-order valence-corrected chi connectivity index (χ2v) is 20.7. The molecule has 5 heteroatoms. The lowest BCUT2D eigenvalue weighted by molar-refractivity contribution is 1.18. The Bertz CT molecular complexity index is 4510. The van der Waals surface area contributed by atoms with E-state index in [1.807, 2.05) is 34.0 Å². The van der Waals surface area contributed by atoms with Crippen LogP contribution in [0.15, 0.2) is 218 Å². The summed E-state index contributed by atoms with van der Waals surface area (Å²) in [6, 6.07) is 81.1. The second kappa shape index (κ2) is 14.3. The molecule has 67 heavy (non-hydrogen) atoms. The van der Waals surface area contributed by atoms with Gasteiger partial charge >= 0.3 is 0 Å². The van der Waals surface area contributed by atoms with Crippen molar-refractivity contribution in [2.24, 2.45) is 0 Å². The van der Waals surface area contributed by atoms with Gasteiger partial charge in [0.1, 0.15) is 0 Å². The van der Waals surface area contributed by atoms with E-state index in [1.165, 1.54) is 132 Å². The molecule has 0 bridgehead atoms. The van der Waals surface area contributed by atoms with Gasteiger partial charge in [0.05, 0.1) is 22.4 Å². The number of hydrogen-bond donors (Lipinski definition) is 0. The number of fused-ring (bicyclic) bond motifs is 17. The molecule has 0 saturated carbocycles. The van der Waals surface area contributed by atoms with Crippen molar-refractivity contribution in [3.8, 4) is 16.8 Å². The molecule has 4 heterocycles. The molecule has 0 N–H and O–H groups in total. The summed E-state index contributed by atoms with van der Waals surface area (Å²) in [6.07, 6.45) is 0. The maximum absolute atomic E-state index is 2.52. The SMILES string of the molecule is c1ccc(N(c2cc3c4ccccc4sc3c3ccccc23)c2cccc3sc4c(ccc5sc6cc(-c7ccc8c9c%10ccccc%10ccc9n(-c9ccccc9)c8c7)ccc6c54)c23)cc1. The van der Waals surface area contributed by atoms with Crippen molar-refractivity contribution in [1.29, 1.82) is 0 Å². The third-order valence-electron chi connectivity index (χ3n) is 13.9. The Labute approximate surface area is 397 Å². The fraction of sp³-hybridized carbons (Fsp3) is 0. The van der Waals surface area contributed by atoms with Crippen LogP contribution in [0.3, 0.4) is 0 Å². The van der Waals surface area contributed by atoms with Gasteiger partial charge in [-0.3, -0.25) is 0 Å². The zero-order valence-electron chi connectivity index (χ0n) is 35.9. The quantitative estimate of drug-likeness (QED) is 0.167. The topological polar surface area (TPSA) is 8.17 Å². The maximum Gasteiger partial charge on any atom is 0.0555 e. The molecule has 0 fully saturated rings. The molecule has 0 spiro atoms. The van der Waals surface area contributed by atoms with Crippen LogP contribution < -0.4 is 4.90 Å². The van der Waals surface area contributed by atoms with Gasteiger partial charge in [-0.2, -0.15) is 0 Å². The lowest BCUT2D eigenvalue weighted by Gasteiger charge is -2.28. The summed E-state index contributed by atoms with van der Waals surface area (Å²) in [5, 5.41) is 15.5. The minimum Gasteiger partial charge on any atom is -0.309 e. The van der Waals surface area contributed by atoms with E-state index >= 15 is 0 Å². The van der Waals surface area contributed by atoms with Crippen LogP contribution >= 0.6 is 34.0 Å². The van der Waals surface area contributed by atoms with E-state index in [0.29, 0.717) is 0 Å². The highest BCUT2D eigenvalue weighted by molar-refractivity contribution is 7.30. The first kappa shape index (κ1) is 37.4. The first-order valence-electron chi connectivity index (χ1n) is 22.7. The van der Waals surface area contributed by atoms with E-state index in [-0.39, 0.29) is 0 Å². The van der Waals surface area contributed by atoms with Gasteiger partial charge in [-0.25, -0.2) is 0 Å². The molecule has 0 amide bonds. The number of anilines is 3. The van der Waals surface area contributed by atoms with Crippen LogP contribution in [0.25, 0.3) is 121 Å². The van der Waals surface area contributed by atoms with Crippen molar-refractivity contribution in [3.63, 3.8) is 0 Å². The Kier molecular flexibility index (Phi) is 8.01. The fourth-order valence-corrected chi connectivity index (χ4v) is 14.7. The van der Waals surface area contributed by atoms with E-state index in [4.69, 9.17) is 0 Å². The highest BCUT2D eigenvalue weighted by Crippen LogP contribution is 2.52. The van der Waals surface area contributed by atoms with Gasteiger partial charge < -0.3 is 9.47 Å². The maximum atomic E-state index is 2.52. The van der Waals surface area contributed by atoms with Gasteiger partial charge in [-0.05, 0) is 94.7 Å². The Balaban J connectivity index is 0.922. The summed E-state index contributed by atoms with van der Waals surface area (Å²) in [5.74, 6) is 0. The molecule has 15 aromatic rings. The van der Waals surface area contributed by atoms with Gasteiger partial charge in [-0.15, -0.1) is 34.0 Å². The number of thiophene rings is 3. The van der Waals surface area contributed by atoms with Crippen molar-refractivity contribution in [2.75, 3.05) is 4.90 Å². The number of hydrogen-bond acceptors (Lipinski definition) is 4. The normalized spacial score (nSPS) is 12.2. The highest BCUT2D eigenvalue weighted by Gasteiger charge is 2.24. The molecule has 0 atom stereocenters. The molecule has 0 saturated heterocycles. The largest absolute Gasteiger partial charge is 0.309 e. The zero-order chi connectivity index (χ0) is 43.7. The van der Waals surface area contributed by atoms with Gasteiger partial charge in [0.15, 0.2) is 0 Å². The van der Waals surface area contributed by atoms with Crippen molar-refractivity contribution in [1.82, 2.24) is 4.57 Å². The lowest BCUT2D eigenvalue weighted by Crippen LogP contribution is -2.10. The highest BCUT2D eigenvalue weighted by atomic mass is 32.1. The lowest BCUT2D eigenvalue weighted by atomic mass is 9.99. The van der Waals surface area contributed by atoms with E-state index in [0.717, 1.165) is 5.69 Å². The predicted molar refractivity (Wildman–Crippen MR) is 295 cm³/mol. The standard InChI is InChI=1S/C62H36N2S3/c1-3-15-40(16-4-1)63(53-36-49-44-21-11-12-24-54(44)66-61(49)45-22-10-9-20-43(45)53)50-23-13-25-55-59(50)48-31-33-56-60(62(48)67-55)47-30-27-39(35-57(47)65-56)38-26-29-46-52(34-38)64(41-17-5-2-6-18-41)51-32-28-37-14-7-8-19-42(37)58(46)51/h1-36H. The zero-order valence-corrected chi connectivity index (χ0v) is 38.4. The Hall–Kier alpha value is -7.80. The summed E-state index contributed by atoms with van der Waals surface area (Å²) < 4.78 is 10.4. The number of rotatable bonds is 5. The van der Waals surface area contributed by atoms with Crippen molar-refractivity contribution >= 4 is 155 Å². The number of nitrogens with zero attached hydrogens (tertiary/aromatic N) is 2. The molecular formula is C62H36N2S3. The van der Waals surface area contributed by atoms with Crippen LogP contribution in [0.2, 0.25) is 0 Å². The van der Waals surface area contributed by atoms with Crippen molar-refractivity contribution < 1.29 is 0 Å².